The summed E-state index contributed by atoms with van der Waals surface area (Å²) < 4.78 is 54.9. The Labute approximate surface area is 285 Å². The Hall–Kier alpha value is -4.03. The smallest absolute Gasteiger partial charge is 0.412 e. The molecule has 11 nitrogen and oxygen atoms in total. The van der Waals surface area contributed by atoms with Crippen LogP contribution in [0, 0.1) is 33.8 Å². The van der Waals surface area contributed by atoms with Crippen LogP contribution in [0.25, 0.3) is 32.2 Å². The summed E-state index contributed by atoms with van der Waals surface area (Å²) in [5.41, 5.74) is 0.932. The molecule has 4 aromatic rings. The van der Waals surface area contributed by atoms with Gasteiger partial charge in [0.25, 0.3) is 0 Å². The Bertz CT molecular complexity index is 2040. The lowest BCUT2D eigenvalue weighted by molar-refractivity contribution is -0.0884. The van der Waals surface area contributed by atoms with E-state index in [1.807, 2.05) is 0 Å². The predicted molar refractivity (Wildman–Crippen MR) is 177 cm³/mol. The van der Waals surface area contributed by atoms with Gasteiger partial charge in [-0.25, -0.2) is 18.6 Å². The molecule has 256 valence electrons. The van der Waals surface area contributed by atoms with Crippen LogP contribution in [0.4, 0.5) is 18.6 Å². The van der Waals surface area contributed by atoms with Gasteiger partial charge in [-0.05, 0) is 57.6 Å². The molecule has 1 aromatic carbocycles. The number of likely N-dealkylation sites (tertiary alicyclic amines) is 1. The first kappa shape index (κ1) is 32.2. The SMILES string of the molecule is CC(C)(C)OC(=O)Nc1sc2c(F)cnc(-c3c4c(c5cnc(OCC6(CN7CC8(CCOCC8)C7)CC6)nc5c3F)COC4)c2c1C#N. The van der Waals surface area contributed by atoms with E-state index in [9.17, 15) is 10.1 Å². The fraction of sp³-hybridized carbons (Fsp3) is 0.514. The number of ether oxygens (including phenoxy) is 4. The van der Waals surface area contributed by atoms with E-state index in [1.54, 1.807) is 27.0 Å². The summed E-state index contributed by atoms with van der Waals surface area (Å²) in [6.45, 7) is 10.6. The molecule has 3 fully saturated rings. The average molecular weight is 691 g/mol. The van der Waals surface area contributed by atoms with Crippen molar-refractivity contribution in [2.24, 2.45) is 10.8 Å². The number of amides is 1. The number of pyridine rings is 1. The predicted octanol–water partition coefficient (Wildman–Crippen LogP) is 6.70. The molecule has 1 N–H and O–H groups in total. The topological polar surface area (TPSA) is 132 Å². The Kier molecular flexibility index (Phi) is 7.75. The number of nitrogens with one attached hydrogen (secondary N) is 1. The Balaban J connectivity index is 1.11. The first-order valence-electron chi connectivity index (χ1n) is 16.5. The van der Waals surface area contributed by atoms with E-state index >= 15 is 8.78 Å². The van der Waals surface area contributed by atoms with Crippen molar-refractivity contribution < 1.29 is 32.5 Å². The van der Waals surface area contributed by atoms with Gasteiger partial charge in [-0.2, -0.15) is 10.2 Å². The molecule has 0 atom stereocenters. The number of nitrogens with zero attached hydrogens (tertiary/aromatic N) is 5. The van der Waals surface area contributed by atoms with E-state index in [1.165, 1.54) is 0 Å². The molecule has 0 radical (unpaired) electrons. The molecule has 1 amide bonds. The van der Waals surface area contributed by atoms with E-state index in [2.05, 4.69) is 31.2 Å². The molecule has 4 aliphatic rings. The lowest BCUT2D eigenvalue weighted by Crippen LogP contribution is -2.59. The number of anilines is 1. The summed E-state index contributed by atoms with van der Waals surface area (Å²) in [4.78, 5) is 28.4. The van der Waals surface area contributed by atoms with E-state index in [0.29, 0.717) is 28.5 Å². The van der Waals surface area contributed by atoms with Crippen molar-refractivity contribution in [2.45, 2.75) is 65.3 Å². The van der Waals surface area contributed by atoms with Crippen LogP contribution in [0.5, 0.6) is 6.01 Å². The van der Waals surface area contributed by atoms with Gasteiger partial charge in [0, 0.05) is 66.2 Å². The van der Waals surface area contributed by atoms with Crippen molar-refractivity contribution in [3.63, 3.8) is 0 Å². The van der Waals surface area contributed by atoms with E-state index in [0.717, 1.165) is 76.1 Å². The van der Waals surface area contributed by atoms with Crippen molar-refractivity contribution in [3.8, 4) is 23.3 Å². The number of fused-ring (bicyclic) bond motifs is 4. The zero-order valence-electron chi connectivity index (χ0n) is 27.6. The van der Waals surface area contributed by atoms with Crippen molar-refractivity contribution in [1.82, 2.24) is 19.9 Å². The second-order valence-electron chi connectivity index (χ2n) is 14.8. The molecule has 49 heavy (non-hydrogen) atoms. The summed E-state index contributed by atoms with van der Waals surface area (Å²) in [5, 5.41) is 13.4. The van der Waals surface area contributed by atoms with Gasteiger partial charge in [0.1, 0.15) is 22.2 Å². The molecule has 0 bridgehead atoms. The van der Waals surface area contributed by atoms with Gasteiger partial charge in [0.05, 0.1) is 42.0 Å². The monoisotopic (exact) mass is 690 g/mol. The van der Waals surface area contributed by atoms with Crippen LogP contribution in [0.3, 0.4) is 0 Å². The first-order valence-corrected chi connectivity index (χ1v) is 17.3. The lowest BCUT2D eigenvalue weighted by atomic mass is 9.73. The van der Waals surface area contributed by atoms with Gasteiger partial charge in [-0.3, -0.25) is 10.3 Å². The fourth-order valence-electron chi connectivity index (χ4n) is 7.42. The Morgan fingerprint density at radius 1 is 1.10 bits per heavy atom. The van der Waals surface area contributed by atoms with Crippen LogP contribution in [-0.4, -0.2) is 71.0 Å². The maximum absolute atomic E-state index is 16.8. The highest BCUT2D eigenvalue weighted by molar-refractivity contribution is 7.23. The number of hydrogen-bond acceptors (Lipinski definition) is 11. The van der Waals surface area contributed by atoms with Crippen molar-refractivity contribution in [3.05, 3.63) is 40.7 Å². The van der Waals surface area contributed by atoms with Crippen molar-refractivity contribution >= 4 is 43.4 Å². The number of nitriles is 1. The molecule has 1 aliphatic carbocycles. The normalized spacial score (nSPS) is 19.4. The molecule has 1 saturated carbocycles. The van der Waals surface area contributed by atoms with Crippen molar-refractivity contribution in [2.75, 3.05) is 44.8 Å². The van der Waals surface area contributed by atoms with Crippen LogP contribution < -0.4 is 10.1 Å². The maximum Gasteiger partial charge on any atom is 0.412 e. The molecular weight excluding hydrogens is 654 g/mol. The van der Waals surface area contributed by atoms with Crippen LogP contribution in [0.15, 0.2) is 12.4 Å². The number of aromatic nitrogens is 3. The van der Waals surface area contributed by atoms with Crippen LogP contribution >= 0.6 is 11.3 Å². The minimum Gasteiger partial charge on any atom is -0.463 e. The molecule has 3 aliphatic heterocycles. The van der Waals surface area contributed by atoms with Gasteiger partial charge in [0.15, 0.2) is 11.6 Å². The summed E-state index contributed by atoms with van der Waals surface area (Å²) in [6.07, 6.45) is 6.08. The second kappa shape index (κ2) is 11.8. The Morgan fingerprint density at radius 3 is 2.57 bits per heavy atom. The van der Waals surface area contributed by atoms with E-state index in [4.69, 9.17) is 18.9 Å². The third-order valence-electron chi connectivity index (χ3n) is 10.0. The average Bonchev–Trinajstić information content (AvgIpc) is 3.45. The zero-order valence-corrected chi connectivity index (χ0v) is 28.4. The van der Waals surface area contributed by atoms with Gasteiger partial charge in [-0.1, -0.05) is 0 Å². The minimum absolute atomic E-state index is 0.0263. The number of carbonyl (C=O) groups excluding carboxylic acids is 1. The highest BCUT2D eigenvalue weighted by Gasteiger charge is 2.51. The molecule has 14 heteroatoms. The lowest BCUT2D eigenvalue weighted by Gasteiger charge is -2.53. The van der Waals surface area contributed by atoms with Gasteiger partial charge in [-0.15, -0.1) is 11.3 Å². The summed E-state index contributed by atoms with van der Waals surface area (Å²) in [6, 6.07) is 2.13. The van der Waals surface area contributed by atoms with Crippen LogP contribution in [0.1, 0.15) is 63.1 Å². The Morgan fingerprint density at radius 2 is 1.86 bits per heavy atom. The molecular formula is C35H36F2N6O5S. The largest absolute Gasteiger partial charge is 0.463 e. The highest BCUT2D eigenvalue weighted by atomic mass is 32.1. The summed E-state index contributed by atoms with van der Waals surface area (Å²) in [5.74, 6) is -1.41. The van der Waals surface area contributed by atoms with Crippen molar-refractivity contribution in [1.29, 1.82) is 5.26 Å². The fourth-order valence-corrected chi connectivity index (χ4v) is 8.46. The second-order valence-corrected chi connectivity index (χ2v) is 15.8. The molecule has 6 heterocycles. The third kappa shape index (κ3) is 5.86. The summed E-state index contributed by atoms with van der Waals surface area (Å²) >= 11 is 0.857. The standard InChI is InChI=1S/C35H36F2N6O5S/c1-33(2,3)48-32(44)42-30-19(10-38)25-28(39-12-23(36)29(25)49-30)24-22-14-46-13-21(22)20-11-40-31(41-27(20)26(24)37)47-18-35(4-5-35)17-43-15-34(16-43)6-8-45-9-7-34/h11-12H,4-9,13-18H2,1-3H3,(H,42,44). The first-order chi connectivity index (χ1) is 23.5. The van der Waals surface area contributed by atoms with E-state index < -0.39 is 23.3 Å². The summed E-state index contributed by atoms with van der Waals surface area (Å²) in [7, 11) is 0. The third-order valence-corrected chi connectivity index (χ3v) is 11.1. The molecule has 2 saturated heterocycles. The van der Waals surface area contributed by atoms with Crippen LogP contribution in [-0.2, 0) is 27.4 Å². The number of carbonyl (C=O) groups is 1. The maximum atomic E-state index is 16.8. The molecule has 1 spiro atoms. The molecule has 8 rings (SSSR count). The number of benzene rings is 1. The van der Waals surface area contributed by atoms with Gasteiger partial charge in [0.2, 0.25) is 0 Å². The number of thiophene rings is 1. The highest BCUT2D eigenvalue weighted by Crippen LogP contribution is 2.50. The minimum atomic E-state index is -0.804. The van der Waals surface area contributed by atoms with E-state index in [-0.39, 0.29) is 62.1 Å². The number of hydrogen-bond donors (Lipinski definition) is 1. The molecule has 3 aromatic heterocycles. The molecule has 0 unspecified atom stereocenters. The number of rotatable bonds is 7. The van der Waals surface area contributed by atoms with Crippen LogP contribution in [0.2, 0.25) is 0 Å². The van der Waals surface area contributed by atoms with Gasteiger partial charge >= 0.3 is 12.1 Å². The van der Waals surface area contributed by atoms with Gasteiger partial charge < -0.3 is 23.8 Å². The number of halogens is 2. The zero-order chi connectivity index (χ0) is 34.1. The quantitative estimate of drug-likeness (QED) is 0.223.